The Morgan fingerprint density at radius 3 is 2.48 bits per heavy atom. The maximum Gasteiger partial charge on any atom is 0.433 e. The van der Waals surface area contributed by atoms with Gasteiger partial charge in [0.1, 0.15) is 11.7 Å². The minimum atomic E-state index is -4.54. The zero-order chi connectivity index (χ0) is 28.4. The lowest BCUT2D eigenvalue weighted by atomic mass is 9.90. The quantitative estimate of drug-likeness (QED) is 0.327. The monoisotopic (exact) mass is 569 g/mol. The number of nitrogens with one attached hydrogen (secondary N) is 3. The maximum atomic E-state index is 13.5. The molecule has 3 aromatic rings. The summed E-state index contributed by atoms with van der Waals surface area (Å²) in [5, 5.41) is 10.4. The molecule has 1 aliphatic heterocycles. The van der Waals surface area contributed by atoms with Gasteiger partial charge in [0.2, 0.25) is 5.91 Å². The standard InChI is InChI=1S/C29H30F3N5O2S/c1-17-7-12-22-21(15-17)24(16-25(35-22)29(30,31)32)33-18-8-10-19(11-9-18)34-26(38)14-13-23-27(39)37(28(40)36-23)20-5-3-2-4-6-20/h2-7,12,15-16,18-19,23H,8-11,13-14H2,1H3,(H,33,35)(H,34,38)(H,36,40). The van der Waals surface area contributed by atoms with Gasteiger partial charge in [-0.15, -0.1) is 0 Å². The van der Waals surface area contributed by atoms with Crippen molar-refractivity contribution in [1.29, 1.82) is 0 Å². The number of carbonyl (C=O) groups is 2. The summed E-state index contributed by atoms with van der Waals surface area (Å²) in [5.74, 6) is -0.316. The Morgan fingerprint density at radius 2 is 1.77 bits per heavy atom. The number of hydrogen-bond acceptors (Lipinski definition) is 5. The summed E-state index contributed by atoms with van der Waals surface area (Å²) in [6, 6.07) is 14.8. The third-order valence-electron chi connectivity index (χ3n) is 7.40. The van der Waals surface area contributed by atoms with E-state index in [1.807, 2.05) is 31.2 Å². The summed E-state index contributed by atoms with van der Waals surface area (Å²) < 4.78 is 40.4. The van der Waals surface area contributed by atoms with Gasteiger partial charge >= 0.3 is 6.18 Å². The predicted molar refractivity (Wildman–Crippen MR) is 152 cm³/mol. The molecular weight excluding hydrogens is 539 g/mol. The molecule has 2 aliphatic rings. The zero-order valence-electron chi connectivity index (χ0n) is 21.9. The van der Waals surface area contributed by atoms with Gasteiger partial charge in [-0.05, 0) is 81.6 Å². The number of amides is 2. The number of para-hydroxylation sites is 1. The van der Waals surface area contributed by atoms with Gasteiger partial charge in [0.25, 0.3) is 5.91 Å². The fourth-order valence-electron chi connectivity index (χ4n) is 5.33. The first-order valence-electron chi connectivity index (χ1n) is 13.3. The summed E-state index contributed by atoms with van der Waals surface area (Å²) in [5.41, 5.74) is 1.42. The van der Waals surface area contributed by atoms with E-state index < -0.39 is 17.9 Å². The van der Waals surface area contributed by atoms with E-state index >= 15 is 0 Å². The van der Waals surface area contributed by atoms with E-state index in [1.54, 1.807) is 24.3 Å². The van der Waals surface area contributed by atoms with Crippen LogP contribution in [-0.2, 0) is 15.8 Å². The highest BCUT2D eigenvalue weighted by molar-refractivity contribution is 7.80. The third kappa shape index (κ3) is 6.19. The van der Waals surface area contributed by atoms with Crippen LogP contribution < -0.4 is 20.9 Å². The van der Waals surface area contributed by atoms with Crippen molar-refractivity contribution >= 4 is 51.4 Å². The van der Waals surface area contributed by atoms with E-state index in [9.17, 15) is 22.8 Å². The summed E-state index contributed by atoms with van der Waals surface area (Å²) in [7, 11) is 0. The first kappa shape index (κ1) is 27.8. The highest BCUT2D eigenvalue weighted by Gasteiger charge is 2.37. The van der Waals surface area contributed by atoms with E-state index in [1.165, 1.54) is 4.90 Å². The number of alkyl halides is 3. The van der Waals surface area contributed by atoms with Gasteiger partial charge < -0.3 is 16.0 Å². The lowest BCUT2D eigenvalue weighted by molar-refractivity contribution is -0.141. The van der Waals surface area contributed by atoms with Crippen molar-refractivity contribution in [1.82, 2.24) is 15.6 Å². The van der Waals surface area contributed by atoms with Gasteiger partial charge in [0.15, 0.2) is 5.11 Å². The van der Waals surface area contributed by atoms with Crippen LogP contribution in [0.2, 0.25) is 0 Å². The average molecular weight is 570 g/mol. The van der Waals surface area contributed by atoms with E-state index in [4.69, 9.17) is 12.2 Å². The molecule has 2 heterocycles. The molecule has 1 saturated heterocycles. The molecule has 5 rings (SSSR count). The van der Waals surface area contributed by atoms with Crippen molar-refractivity contribution in [3.63, 3.8) is 0 Å². The topological polar surface area (TPSA) is 86.4 Å². The Kier molecular flexibility index (Phi) is 7.93. The van der Waals surface area contributed by atoms with Crippen molar-refractivity contribution in [2.45, 2.75) is 69.8 Å². The van der Waals surface area contributed by atoms with Gasteiger partial charge in [0, 0.05) is 29.6 Å². The molecule has 0 spiro atoms. The van der Waals surface area contributed by atoms with Gasteiger partial charge in [-0.2, -0.15) is 13.2 Å². The molecule has 3 N–H and O–H groups in total. The Bertz CT molecular complexity index is 1420. The second kappa shape index (κ2) is 11.4. The van der Waals surface area contributed by atoms with Gasteiger partial charge in [-0.25, -0.2) is 4.98 Å². The summed E-state index contributed by atoms with van der Waals surface area (Å²) in [6.45, 7) is 1.89. The van der Waals surface area contributed by atoms with Crippen molar-refractivity contribution < 1.29 is 22.8 Å². The second-order valence-corrected chi connectivity index (χ2v) is 10.8. The van der Waals surface area contributed by atoms with E-state index in [0.29, 0.717) is 59.5 Å². The van der Waals surface area contributed by atoms with Gasteiger partial charge in [-0.1, -0.05) is 29.8 Å². The van der Waals surface area contributed by atoms with Crippen molar-refractivity contribution in [2.24, 2.45) is 0 Å². The molecule has 1 saturated carbocycles. The Balaban J connectivity index is 1.13. The van der Waals surface area contributed by atoms with Crippen LogP contribution in [0.3, 0.4) is 0 Å². The van der Waals surface area contributed by atoms with Crippen LogP contribution in [0.4, 0.5) is 24.5 Å². The van der Waals surface area contributed by atoms with Crippen LogP contribution >= 0.6 is 12.2 Å². The van der Waals surface area contributed by atoms with E-state index in [0.717, 1.165) is 11.6 Å². The number of fused-ring (bicyclic) bond motifs is 1. The molecule has 40 heavy (non-hydrogen) atoms. The first-order valence-corrected chi connectivity index (χ1v) is 13.7. The fraction of sp³-hybridized carbons (Fsp3) is 0.379. The maximum absolute atomic E-state index is 13.5. The van der Waals surface area contributed by atoms with Crippen LogP contribution in [0.5, 0.6) is 0 Å². The molecule has 210 valence electrons. The third-order valence-corrected chi connectivity index (χ3v) is 7.70. The number of halogens is 3. The van der Waals surface area contributed by atoms with Crippen molar-refractivity contribution in [3.05, 3.63) is 65.9 Å². The lowest BCUT2D eigenvalue weighted by Crippen LogP contribution is -2.41. The summed E-state index contributed by atoms with van der Waals surface area (Å²) in [6.07, 6.45) is -1.25. The van der Waals surface area contributed by atoms with Crippen LogP contribution in [-0.4, -0.2) is 40.0 Å². The molecule has 1 atom stereocenters. The van der Waals surface area contributed by atoms with Crippen LogP contribution in [0.1, 0.15) is 49.8 Å². The van der Waals surface area contributed by atoms with Crippen LogP contribution in [0.25, 0.3) is 10.9 Å². The fourth-order valence-corrected chi connectivity index (χ4v) is 5.67. The molecule has 0 radical (unpaired) electrons. The molecule has 2 fully saturated rings. The Morgan fingerprint density at radius 1 is 1.07 bits per heavy atom. The first-order chi connectivity index (χ1) is 19.1. The minimum Gasteiger partial charge on any atom is -0.382 e. The Labute approximate surface area is 235 Å². The highest BCUT2D eigenvalue weighted by atomic mass is 32.1. The number of thiocarbonyl (C=S) groups is 1. The molecule has 1 unspecified atom stereocenters. The minimum absolute atomic E-state index is 0.0226. The molecule has 2 aromatic carbocycles. The molecule has 1 aromatic heterocycles. The number of aromatic nitrogens is 1. The molecular formula is C29H30F3N5O2S. The second-order valence-electron chi connectivity index (χ2n) is 10.4. The molecule has 7 nitrogen and oxygen atoms in total. The highest BCUT2D eigenvalue weighted by Crippen LogP contribution is 2.35. The van der Waals surface area contributed by atoms with Crippen molar-refractivity contribution in [3.8, 4) is 0 Å². The molecule has 2 amide bonds. The van der Waals surface area contributed by atoms with Gasteiger partial charge in [-0.3, -0.25) is 14.5 Å². The van der Waals surface area contributed by atoms with Crippen LogP contribution in [0, 0.1) is 6.92 Å². The van der Waals surface area contributed by atoms with Gasteiger partial charge in [0.05, 0.1) is 11.2 Å². The molecule has 1 aliphatic carbocycles. The van der Waals surface area contributed by atoms with E-state index in [2.05, 4.69) is 20.9 Å². The number of hydrogen-bond donors (Lipinski definition) is 3. The number of benzene rings is 2. The predicted octanol–water partition coefficient (Wildman–Crippen LogP) is 5.47. The summed E-state index contributed by atoms with van der Waals surface area (Å²) in [4.78, 5) is 30.8. The van der Waals surface area contributed by atoms with Crippen LogP contribution in [0.15, 0.2) is 54.6 Å². The number of aryl methyl sites for hydroxylation is 1. The van der Waals surface area contributed by atoms with E-state index in [-0.39, 0.29) is 30.3 Å². The normalized spacial score (nSPS) is 21.4. The largest absolute Gasteiger partial charge is 0.433 e. The zero-order valence-corrected chi connectivity index (χ0v) is 22.7. The Hall–Kier alpha value is -3.73. The lowest BCUT2D eigenvalue weighted by Gasteiger charge is -2.31. The SMILES string of the molecule is Cc1ccc2nc(C(F)(F)F)cc(NC3CCC(NC(=O)CCC4NC(=S)N(c5ccccc5)C4=O)CC3)c2c1. The number of anilines is 2. The molecule has 11 heteroatoms. The average Bonchev–Trinajstić information content (AvgIpc) is 3.21. The summed E-state index contributed by atoms with van der Waals surface area (Å²) >= 11 is 5.33. The molecule has 0 bridgehead atoms. The number of carbonyl (C=O) groups excluding carboxylic acids is 2. The number of rotatable bonds is 7. The number of pyridine rings is 1. The smallest absolute Gasteiger partial charge is 0.382 e. The van der Waals surface area contributed by atoms with Crippen molar-refractivity contribution in [2.75, 3.05) is 10.2 Å². The number of nitrogens with zero attached hydrogens (tertiary/aromatic N) is 2.